The molecular formula is C20H21N3O6. The van der Waals surface area contributed by atoms with Gasteiger partial charge >= 0.3 is 0 Å². The number of amides is 1. The molecule has 0 saturated heterocycles. The average Bonchev–Trinajstić information content (AvgIpc) is 3.12. The Bertz CT molecular complexity index is 971. The summed E-state index contributed by atoms with van der Waals surface area (Å²) in [6, 6.07) is 8.55. The Hall–Kier alpha value is -3.62. The molecule has 2 aromatic rings. The summed E-state index contributed by atoms with van der Waals surface area (Å²) in [6.07, 6.45) is 1.18. The van der Waals surface area contributed by atoms with Gasteiger partial charge in [-0.05, 0) is 36.1 Å². The fourth-order valence-corrected chi connectivity index (χ4v) is 2.80. The van der Waals surface area contributed by atoms with E-state index in [1.54, 1.807) is 0 Å². The van der Waals surface area contributed by atoms with Gasteiger partial charge in [0, 0.05) is 0 Å². The molecule has 0 radical (unpaired) electrons. The largest absolute Gasteiger partial charge is 0.483 e. The van der Waals surface area contributed by atoms with Crippen molar-refractivity contribution in [2.75, 3.05) is 13.4 Å². The molecule has 0 spiro atoms. The quantitative estimate of drug-likeness (QED) is 0.434. The highest BCUT2D eigenvalue weighted by atomic mass is 16.7. The molecule has 1 heterocycles. The first-order chi connectivity index (χ1) is 13.8. The number of carbonyl (C=O) groups is 1. The van der Waals surface area contributed by atoms with Crippen LogP contribution < -0.4 is 19.6 Å². The van der Waals surface area contributed by atoms with Crippen molar-refractivity contribution in [3.05, 3.63) is 57.1 Å². The minimum Gasteiger partial charge on any atom is -0.483 e. The van der Waals surface area contributed by atoms with Gasteiger partial charge in [0.1, 0.15) is 5.75 Å². The number of nitro groups is 1. The molecule has 0 bridgehead atoms. The van der Waals surface area contributed by atoms with Gasteiger partial charge in [0.25, 0.3) is 11.6 Å². The summed E-state index contributed by atoms with van der Waals surface area (Å²) in [5.74, 6) is 1.09. The lowest BCUT2D eigenvalue weighted by atomic mass is 10.0. The molecule has 1 aliphatic rings. The van der Waals surface area contributed by atoms with Gasteiger partial charge < -0.3 is 14.2 Å². The van der Waals surface area contributed by atoms with Gasteiger partial charge in [0.15, 0.2) is 18.1 Å². The van der Waals surface area contributed by atoms with Crippen LogP contribution in [0.15, 0.2) is 35.4 Å². The number of hydrogen-bond donors (Lipinski definition) is 1. The van der Waals surface area contributed by atoms with Gasteiger partial charge in [-0.15, -0.1) is 0 Å². The lowest BCUT2D eigenvalue weighted by molar-refractivity contribution is -0.385. The summed E-state index contributed by atoms with van der Waals surface area (Å²) >= 11 is 0. The van der Waals surface area contributed by atoms with E-state index in [1.807, 2.05) is 39.0 Å². The highest BCUT2D eigenvalue weighted by Crippen LogP contribution is 2.37. The van der Waals surface area contributed by atoms with Crippen molar-refractivity contribution < 1.29 is 23.9 Å². The van der Waals surface area contributed by atoms with Crippen LogP contribution in [0.4, 0.5) is 5.69 Å². The normalized spacial score (nSPS) is 12.4. The molecule has 152 valence electrons. The Morgan fingerprint density at radius 1 is 1.31 bits per heavy atom. The molecule has 0 aromatic heterocycles. The van der Waals surface area contributed by atoms with E-state index in [0.717, 1.165) is 11.1 Å². The second kappa shape index (κ2) is 8.59. The highest BCUT2D eigenvalue weighted by Gasteiger charge is 2.22. The molecule has 29 heavy (non-hydrogen) atoms. The average molecular weight is 399 g/mol. The first-order valence-electron chi connectivity index (χ1n) is 8.98. The van der Waals surface area contributed by atoms with Gasteiger partial charge in [0.05, 0.1) is 22.8 Å². The molecule has 0 aliphatic carbocycles. The maximum Gasteiger partial charge on any atom is 0.282 e. The molecule has 0 atom stereocenters. The van der Waals surface area contributed by atoms with Crippen molar-refractivity contribution in [2.45, 2.75) is 26.7 Å². The summed E-state index contributed by atoms with van der Waals surface area (Å²) in [5, 5.41) is 15.0. The molecular weight excluding hydrogens is 378 g/mol. The first kappa shape index (κ1) is 20.1. The fourth-order valence-electron chi connectivity index (χ4n) is 2.80. The Morgan fingerprint density at radius 3 is 2.72 bits per heavy atom. The zero-order valence-electron chi connectivity index (χ0n) is 16.3. The first-order valence-corrected chi connectivity index (χ1v) is 8.98. The monoisotopic (exact) mass is 399 g/mol. The molecule has 0 unspecified atom stereocenters. The molecule has 1 N–H and O–H groups in total. The number of hydrogen-bond acceptors (Lipinski definition) is 7. The van der Waals surface area contributed by atoms with Crippen LogP contribution in [0.25, 0.3) is 0 Å². The standard InChI is InChI=1S/C20H21N3O6/c1-12(2)15-5-4-13(3)6-17(15)27-10-20(24)22-21-9-14-7-18-19(29-11-28-18)8-16(14)23(25)26/h4-9,12H,10-11H2,1-3H3,(H,22,24)/b21-9-. The van der Waals surface area contributed by atoms with E-state index in [1.165, 1.54) is 18.3 Å². The van der Waals surface area contributed by atoms with E-state index in [2.05, 4.69) is 10.5 Å². The van der Waals surface area contributed by atoms with Crippen molar-refractivity contribution in [1.29, 1.82) is 0 Å². The van der Waals surface area contributed by atoms with Gasteiger partial charge in [-0.1, -0.05) is 26.0 Å². The third-order valence-corrected chi connectivity index (χ3v) is 4.26. The molecule has 1 amide bonds. The molecule has 9 heteroatoms. The Kier molecular flexibility index (Phi) is 5.96. The van der Waals surface area contributed by atoms with E-state index in [9.17, 15) is 14.9 Å². The second-order valence-corrected chi connectivity index (χ2v) is 6.80. The van der Waals surface area contributed by atoms with Crippen molar-refractivity contribution in [3.63, 3.8) is 0 Å². The summed E-state index contributed by atoms with van der Waals surface area (Å²) in [5.41, 5.74) is 4.32. The molecule has 3 rings (SSSR count). The Balaban J connectivity index is 1.64. The summed E-state index contributed by atoms with van der Waals surface area (Å²) in [7, 11) is 0. The van der Waals surface area contributed by atoms with E-state index in [-0.39, 0.29) is 30.6 Å². The lowest BCUT2D eigenvalue weighted by Gasteiger charge is -2.14. The van der Waals surface area contributed by atoms with Crippen LogP contribution in [0.3, 0.4) is 0 Å². The number of benzene rings is 2. The maximum atomic E-state index is 12.1. The predicted octanol–water partition coefficient (Wildman–Crippen LogP) is 3.28. The van der Waals surface area contributed by atoms with E-state index < -0.39 is 10.8 Å². The molecule has 1 aliphatic heterocycles. The third kappa shape index (κ3) is 4.81. The minimum absolute atomic E-state index is 0.00150. The summed E-state index contributed by atoms with van der Waals surface area (Å²) in [6.45, 7) is 5.79. The lowest BCUT2D eigenvalue weighted by Crippen LogP contribution is -2.25. The van der Waals surface area contributed by atoms with E-state index in [0.29, 0.717) is 17.2 Å². The summed E-state index contributed by atoms with van der Waals surface area (Å²) < 4.78 is 16.0. The SMILES string of the molecule is Cc1ccc(C(C)C)c(OCC(=O)N/N=C\c2cc3c(cc2[N+](=O)[O-])OCO3)c1. The Morgan fingerprint density at radius 2 is 2.03 bits per heavy atom. The van der Waals surface area contributed by atoms with Gasteiger partial charge in [-0.2, -0.15) is 5.10 Å². The third-order valence-electron chi connectivity index (χ3n) is 4.26. The van der Waals surface area contributed by atoms with Crippen molar-refractivity contribution >= 4 is 17.8 Å². The van der Waals surface area contributed by atoms with Gasteiger partial charge in [-0.25, -0.2) is 5.43 Å². The molecule has 9 nitrogen and oxygen atoms in total. The number of nitrogens with zero attached hydrogens (tertiary/aromatic N) is 2. The van der Waals surface area contributed by atoms with Crippen LogP contribution in [-0.2, 0) is 4.79 Å². The van der Waals surface area contributed by atoms with Crippen molar-refractivity contribution in [3.8, 4) is 17.2 Å². The molecule has 0 saturated carbocycles. The number of fused-ring (bicyclic) bond motifs is 1. The smallest absolute Gasteiger partial charge is 0.282 e. The van der Waals surface area contributed by atoms with E-state index in [4.69, 9.17) is 14.2 Å². The van der Waals surface area contributed by atoms with Crippen molar-refractivity contribution in [2.24, 2.45) is 5.10 Å². The minimum atomic E-state index is -0.556. The summed E-state index contributed by atoms with van der Waals surface area (Å²) in [4.78, 5) is 22.7. The number of nitro benzene ring substituents is 1. The number of ether oxygens (including phenoxy) is 3. The zero-order chi connectivity index (χ0) is 21.0. The number of hydrazone groups is 1. The number of rotatable bonds is 7. The van der Waals surface area contributed by atoms with Crippen LogP contribution in [0.1, 0.15) is 36.5 Å². The van der Waals surface area contributed by atoms with Gasteiger partial charge in [0.2, 0.25) is 6.79 Å². The number of aryl methyl sites for hydroxylation is 1. The molecule has 2 aromatic carbocycles. The van der Waals surface area contributed by atoms with Crippen LogP contribution in [-0.4, -0.2) is 30.4 Å². The van der Waals surface area contributed by atoms with Crippen LogP contribution in [0, 0.1) is 17.0 Å². The van der Waals surface area contributed by atoms with Crippen LogP contribution >= 0.6 is 0 Å². The fraction of sp³-hybridized carbons (Fsp3) is 0.300. The van der Waals surface area contributed by atoms with Gasteiger partial charge in [-0.3, -0.25) is 14.9 Å². The highest BCUT2D eigenvalue weighted by molar-refractivity contribution is 5.88. The van der Waals surface area contributed by atoms with Crippen LogP contribution in [0.2, 0.25) is 0 Å². The zero-order valence-corrected chi connectivity index (χ0v) is 16.3. The van der Waals surface area contributed by atoms with E-state index >= 15 is 0 Å². The Labute approximate surface area is 167 Å². The topological polar surface area (TPSA) is 112 Å². The second-order valence-electron chi connectivity index (χ2n) is 6.80. The number of nitrogens with one attached hydrogen (secondary N) is 1. The maximum absolute atomic E-state index is 12.1. The van der Waals surface area contributed by atoms with Crippen LogP contribution in [0.5, 0.6) is 17.2 Å². The van der Waals surface area contributed by atoms with Crippen molar-refractivity contribution in [1.82, 2.24) is 5.43 Å². The predicted molar refractivity (Wildman–Crippen MR) is 106 cm³/mol. The number of carbonyl (C=O) groups excluding carboxylic acids is 1. The molecule has 0 fully saturated rings.